The molecule has 1 saturated heterocycles. The molecule has 2 unspecified atom stereocenters. The van der Waals surface area contributed by atoms with E-state index in [0.717, 1.165) is 44.1 Å². The Labute approximate surface area is 118 Å². The molecule has 1 aliphatic carbocycles. The largest absolute Gasteiger partial charge is 0.339 e. The van der Waals surface area contributed by atoms with Gasteiger partial charge in [0, 0.05) is 12.3 Å². The second kappa shape index (κ2) is 5.02. The van der Waals surface area contributed by atoms with Crippen LogP contribution in [0.25, 0.3) is 0 Å². The van der Waals surface area contributed by atoms with E-state index in [-0.39, 0.29) is 0 Å². The molecule has 104 valence electrons. The van der Waals surface area contributed by atoms with Crippen LogP contribution in [0.1, 0.15) is 41.6 Å². The molecular formula is C16H19N3O. The number of nitrogens with zero attached hydrogens (tertiary/aromatic N) is 2. The zero-order chi connectivity index (χ0) is 13.4. The van der Waals surface area contributed by atoms with Crippen molar-refractivity contribution in [3.8, 4) is 0 Å². The third-order valence-corrected chi connectivity index (χ3v) is 4.55. The summed E-state index contributed by atoms with van der Waals surface area (Å²) in [6.45, 7) is 2.19. The molecule has 0 bridgehead atoms. The van der Waals surface area contributed by atoms with Gasteiger partial charge in [-0.25, -0.2) is 0 Å². The molecule has 20 heavy (non-hydrogen) atoms. The molecule has 1 aromatic carbocycles. The van der Waals surface area contributed by atoms with Crippen LogP contribution in [0.5, 0.6) is 0 Å². The zero-order valence-corrected chi connectivity index (χ0v) is 11.5. The van der Waals surface area contributed by atoms with Gasteiger partial charge in [-0.05, 0) is 49.4 Å². The van der Waals surface area contributed by atoms with Gasteiger partial charge in [-0.15, -0.1) is 0 Å². The first-order valence-electron chi connectivity index (χ1n) is 7.51. The predicted molar refractivity (Wildman–Crippen MR) is 75.6 cm³/mol. The Morgan fingerprint density at radius 2 is 2.20 bits per heavy atom. The lowest BCUT2D eigenvalue weighted by atomic mass is 10.0. The summed E-state index contributed by atoms with van der Waals surface area (Å²) in [6.07, 6.45) is 4.35. The molecule has 1 N–H and O–H groups in total. The van der Waals surface area contributed by atoms with Crippen LogP contribution in [-0.2, 0) is 12.8 Å². The summed E-state index contributed by atoms with van der Waals surface area (Å²) in [5.74, 6) is 2.65. The minimum absolute atomic E-state index is 0.324. The Kier molecular flexibility index (Phi) is 3.03. The van der Waals surface area contributed by atoms with Gasteiger partial charge in [0.05, 0.1) is 0 Å². The maximum atomic E-state index is 5.47. The average Bonchev–Trinajstić information content (AvgIpc) is 3.18. The smallest absolute Gasteiger partial charge is 0.226 e. The fourth-order valence-electron chi connectivity index (χ4n) is 3.45. The highest BCUT2D eigenvalue weighted by atomic mass is 16.5. The maximum absolute atomic E-state index is 5.47. The molecule has 0 saturated carbocycles. The lowest BCUT2D eigenvalue weighted by Crippen LogP contribution is -2.11. The Bertz CT molecular complexity index is 601. The van der Waals surface area contributed by atoms with Gasteiger partial charge >= 0.3 is 0 Å². The highest BCUT2D eigenvalue weighted by Gasteiger charge is 2.28. The number of fused-ring (bicyclic) bond motifs is 1. The quantitative estimate of drug-likeness (QED) is 0.929. The molecule has 2 atom stereocenters. The average molecular weight is 269 g/mol. The summed E-state index contributed by atoms with van der Waals surface area (Å²) in [7, 11) is 0. The fourth-order valence-corrected chi connectivity index (χ4v) is 3.45. The Balaban J connectivity index is 1.54. The van der Waals surface area contributed by atoms with Crippen LogP contribution in [0.4, 0.5) is 0 Å². The molecule has 4 heteroatoms. The van der Waals surface area contributed by atoms with Crippen LogP contribution in [0.3, 0.4) is 0 Å². The minimum atomic E-state index is 0.324. The van der Waals surface area contributed by atoms with E-state index < -0.39 is 0 Å². The third-order valence-electron chi connectivity index (χ3n) is 4.55. The van der Waals surface area contributed by atoms with E-state index >= 15 is 0 Å². The number of benzene rings is 1. The monoisotopic (exact) mass is 269 g/mol. The molecule has 1 aliphatic heterocycles. The van der Waals surface area contributed by atoms with Gasteiger partial charge in [0.1, 0.15) is 0 Å². The van der Waals surface area contributed by atoms with Crippen molar-refractivity contribution < 1.29 is 4.52 Å². The Morgan fingerprint density at radius 3 is 3.10 bits per heavy atom. The van der Waals surface area contributed by atoms with Gasteiger partial charge in [0.2, 0.25) is 5.89 Å². The molecule has 4 rings (SSSR count). The molecular weight excluding hydrogens is 250 g/mol. The molecule has 4 nitrogen and oxygen atoms in total. The highest BCUT2D eigenvalue weighted by molar-refractivity contribution is 5.38. The van der Waals surface area contributed by atoms with Crippen molar-refractivity contribution in [1.82, 2.24) is 15.5 Å². The Hall–Kier alpha value is -1.68. The van der Waals surface area contributed by atoms with Crippen molar-refractivity contribution in [2.24, 2.45) is 5.92 Å². The highest BCUT2D eigenvalue weighted by Crippen LogP contribution is 2.36. The van der Waals surface area contributed by atoms with Crippen LogP contribution in [0, 0.1) is 5.92 Å². The number of nitrogens with one attached hydrogen (secondary N) is 1. The van der Waals surface area contributed by atoms with Crippen molar-refractivity contribution in [2.75, 3.05) is 13.1 Å². The van der Waals surface area contributed by atoms with Gasteiger partial charge < -0.3 is 9.84 Å². The van der Waals surface area contributed by atoms with Crippen LogP contribution in [0.15, 0.2) is 28.8 Å². The summed E-state index contributed by atoms with van der Waals surface area (Å²) >= 11 is 0. The first-order chi connectivity index (χ1) is 9.90. The number of aromatic nitrogens is 2. The van der Waals surface area contributed by atoms with Gasteiger partial charge in [-0.1, -0.05) is 29.4 Å². The van der Waals surface area contributed by atoms with Gasteiger partial charge in [0.25, 0.3) is 0 Å². The van der Waals surface area contributed by atoms with E-state index in [4.69, 9.17) is 4.52 Å². The van der Waals surface area contributed by atoms with E-state index in [1.54, 1.807) is 0 Å². The van der Waals surface area contributed by atoms with Crippen molar-refractivity contribution in [3.05, 3.63) is 47.1 Å². The van der Waals surface area contributed by atoms with Gasteiger partial charge in [-0.2, -0.15) is 4.98 Å². The minimum Gasteiger partial charge on any atom is -0.339 e. The Morgan fingerprint density at radius 1 is 1.25 bits per heavy atom. The maximum Gasteiger partial charge on any atom is 0.226 e. The van der Waals surface area contributed by atoms with E-state index in [9.17, 15) is 0 Å². The fraction of sp³-hybridized carbons (Fsp3) is 0.500. The molecule has 2 aliphatic rings. The van der Waals surface area contributed by atoms with E-state index in [1.165, 1.54) is 17.5 Å². The molecule has 1 fully saturated rings. The molecule has 0 amide bonds. The molecule has 1 aromatic heterocycles. The number of rotatable bonds is 3. The SMILES string of the molecule is c1ccc2c(c1)CCC2c1noc(CC2CCNC2)n1. The third kappa shape index (κ3) is 2.14. The molecule has 0 spiro atoms. The number of hydrogen-bond donors (Lipinski definition) is 1. The van der Waals surface area contributed by atoms with Gasteiger partial charge in [0.15, 0.2) is 5.82 Å². The second-order valence-electron chi connectivity index (χ2n) is 5.90. The van der Waals surface area contributed by atoms with E-state index in [0.29, 0.717) is 11.8 Å². The zero-order valence-electron chi connectivity index (χ0n) is 11.5. The van der Waals surface area contributed by atoms with Crippen LogP contribution >= 0.6 is 0 Å². The summed E-state index contributed by atoms with van der Waals surface area (Å²) < 4.78 is 5.47. The first-order valence-corrected chi connectivity index (χ1v) is 7.51. The van der Waals surface area contributed by atoms with E-state index in [2.05, 4.69) is 39.7 Å². The van der Waals surface area contributed by atoms with Crippen molar-refractivity contribution in [3.63, 3.8) is 0 Å². The first kappa shape index (κ1) is 12.1. The van der Waals surface area contributed by atoms with Crippen molar-refractivity contribution in [2.45, 2.75) is 31.6 Å². The normalized spacial score (nSPS) is 25.0. The summed E-state index contributed by atoms with van der Waals surface area (Å²) in [5, 5.41) is 7.61. The predicted octanol–water partition coefficient (Wildman–Crippen LogP) is 2.30. The topological polar surface area (TPSA) is 51.0 Å². The molecule has 2 heterocycles. The second-order valence-corrected chi connectivity index (χ2v) is 5.90. The summed E-state index contributed by atoms with van der Waals surface area (Å²) in [4.78, 5) is 4.65. The lowest BCUT2D eigenvalue weighted by Gasteiger charge is -2.05. The van der Waals surface area contributed by atoms with E-state index in [1.807, 2.05) is 0 Å². The molecule has 0 radical (unpaired) electrons. The summed E-state index contributed by atoms with van der Waals surface area (Å²) in [6, 6.07) is 8.61. The van der Waals surface area contributed by atoms with Crippen LogP contribution in [-0.4, -0.2) is 23.2 Å². The summed E-state index contributed by atoms with van der Waals surface area (Å²) in [5.41, 5.74) is 2.81. The number of hydrogen-bond acceptors (Lipinski definition) is 4. The van der Waals surface area contributed by atoms with Crippen LogP contribution < -0.4 is 5.32 Å². The standard InChI is InChI=1S/C16H19N3O/c1-2-4-13-12(3-1)5-6-14(13)16-18-15(20-19-16)9-11-7-8-17-10-11/h1-4,11,14,17H,5-10H2. The lowest BCUT2D eigenvalue weighted by molar-refractivity contribution is 0.352. The molecule has 2 aromatic rings. The van der Waals surface area contributed by atoms with Gasteiger partial charge in [-0.3, -0.25) is 0 Å². The van der Waals surface area contributed by atoms with Crippen molar-refractivity contribution in [1.29, 1.82) is 0 Å². The van der Waals surface area contributed by atoms with Crippen LogP contribution in [0.2, 0.25) is 0 Å². The van der Waals surface area contributed by atoms with Crippen molar-refractivity contribution >= 4 is 0 Å². The number of aryl methyl sites for hydroxylation is 1.